The van der Waals surface area contributed by atoms with Gasteiger partial charge in [0.05, 0.1) is 0 Å². The average molecular weight is 217 g/mol. The minimum absolute atomic E-state index is 0.155. The molecule has 0 spiro atoms. The van der Waals surface area contributed by atoms with Crippen LogP contribution in [0, 0.1) is 17.8 Å². The highest BCUT2D eigenvalue weighted by Gasteiger charge is 2.35. The molecule has 0 aromatic heterocycles. The second-order valence-corrected chi connectivity index (χ2v) is 4.79. The summed E-state index contributed by atoms with van der Waals surface area (Å²) < 4.78 is 0. The molecule has 0 amide bonds. The van der Waals surface area contributed by atoms with Gasteiger partial charge in [-0.3, -0.25) is 9.79 Å². The zero-order chi connectivity index (χ0) is 11.5. The van der Waals surface area contributed by atoms with E-state index in [1.54, 1.807) is 6.08 Å². The first-order valence-electron chi connectivity index (χ1n) is 6.10. The van der Waals surface area contributed by atoms with E-state index in [1.165, 1.54) is 0 Å². The average Bonchev–Trinajstić information content (AvgIpc) is 2.24. The summed E-state index contributed by atoms with van der Waals surface area (Å²) in [7, 11) is 0. The van der Waals surface area contributed by atoms with Crippen LogP contribution in [0.2, 0.25) is 0 Å². The quantitative estimate of drug-likeness (QED) is 0.664. The van der Waals surface area contributed by atoms with Crippen molar-refractivity contribution in [2.45, 2.75) is 26.2 Å². The predicted octanol–water partition coefficient (Wildman–Crippen LogP) is 2.80. The van der Waals surface area contributed by atoms with Gasteiger partial charge in [0, 0.05) is 18.4 Å². The molecule has 0 radical (unpaired) electrons. The third kappa shape index (κ3) is 2.01. The molecule has 3 unspecified atom stereocenters. The Morgan fingerprint density at radius 3 is 3.12 bits per heavy atom. The smallest absolute Gasteiger partial charge is 0.159 e. The Hall–Kier alpha value is -1.18. The molecule has 0 aromatic carbocycles. The van der Waals surface area contributed by atoms with Crippen LogP contribution in [0.15, 0.2) is 29.3 Å². The number of carbonyl (C=O) groups is 1. The van der Waals surface area contributed by atoms with Gasteiger partial charge in [0.1, 0.15) is 0 Å². The zero-order valence-corrected chi connectivity index (χ0v) is 9.86. The van der Waals surface area contributed by atoms with Gasteiger partial charge in [0.15, 0.2) is 5.78 Å². The molecule has 1 aliphatic heterocycles. The highest BCUT2D eigenvalue weighted by molar-refractivity contribution is 5.94. The van der Waals surface area contributed by atoms with E-state index in [0.29, 0.717) is 11.8 Å². The van der Waals surface area contributed by atoms with Gasteiger partial charge in [-0.2, -0.15) is 0 Å². The second-order valence-electron chi connectivity index (χ2n) is 4.79. The molecule has 2 rings (SSSR count). The summed E-state index contributed by atoms with van der Waals surface area (Å²) in [4.78, 5) is 16.3. The largest absolute Gasteiger partial charge is 0.297 e. The Bertz CT molecular complexity index is 354. The Morgan fingerprint density at radius 1 is 1.56 bits per heavy atom. The topological polar surface area (TPSA) is 29.4 Å². The van der Waals surface area contributed by atoms with Crippen LogP contribution in [0.1, 0.15) is 26.2 Å². The molecule has 0 saturated carbocycles. The molecule has 0 N–H and O–H groups in total. The van der Waals surface area contributed by atoms with Gasteiger partial charge in [0.25, 0.3) is 0 Å². The fraction of sp³-hybridized carbons (Fsp3) is 0.571. The first kappa shape index (κ1) is 11.3. The van der Waals surface area contributed by atoms with Crippen molar-refractivity contribution in [3.63, 3.8) is 0 Å². The molecule has 16 heavy (non-hydrogen) atoms. The van der Waals surface area contributed by atoms with Crippen LogP contribution in [-0.2, 0) is 4.79 Å². The molecule has 2 nitrogen and oxygen atoms in total. The number of nitrogens with zero attached hydrogens (tertiary/aromatic N) is 1. The molecular weight excluding hydrogens is 198 g/mol. The highest BCUT2D eigenvalue weighted by atomic mass is 16.1. The predicted molar refractivity (Wildman–Crippen MR) is 66.6 cm³/mol. The highest BCUT2D eigenvalue weighted by Crippen LogP contribution is 2.37. The maximum Gasteiger partial charge on any atom is 0.159 e. The van der Waals surface area contributed by atoms with Crippen molar-refractivity contribution < 1.29 is 4.79 Å². The monoisotopic (exact) mass is 217 g/mol. The molecular formula is C14H19NO. The van der Waals surface area contributed by atoms with Gasteiger partial charge < -0.3 is 0 Å². The summed E-state index contributed by atoms with van der Waals surface area (Å²) in [5.41, 5.74) is 1.09. The SMILES string of the molecule is C=CC1=CC(=O)C(C)C2CCCC=NCC12. The summed E-state index contributed by atoms with van der Waals surface area (Å²) in [5, 5.41) is 0. The molecule has 0 bridgehead atoms. The van der Waals surface area contributed by atoms with Gasteiger partial charge in [-0.25, -0.2) is 0 Å². The van der Waals surface area contributed by atoms with E-state index in [4.69, 9.17) is 0 Å². The maximum absolute atomic E-state index is 11.9. The lowest BCUT2D eigenvalue weighted by Gasteiger charge is -2.35. The van der Waals surface area contributed by atoms with Crippen molar-refractivity contribution in [2.24, 2.45) is 22.7 Å². The minimum atomic E-state index is 0.155. The van der Waals surface area contributed by atoms with Gasteiger partial charge in [-0.15, -0.1) is 0 Å². The lowest BCUT2D eigenvalue weighted by molar-refractivity contribution is -0.120. The molecule has 2 heteroatoms. The Kier molecular flexibility index (Phi) is 3.37. The summed E-state index contributed by atoms with van der Waals surface area (Å²) >= 11 is 0. The van der Waals surface area contributed by atoms with Crippen LogP contribution in [0.25, 0.3) is 0 Å². The Morgan fingerprint density at radius 2 is 2.38 bits per heavy atom. The van der Waals surface area contributed by atoms with Crippen molar-refractivity contribution in [3.8, 4) is 0 Å². The lowest BCUT2D eigenvalue weighted by Crippen LogP contribution is -2.34. The fourth-order valence-corrected chi connectivity index (χ4v) is 2.84. The first-order chi connectivity index (χ1) is 7.74. The van der Waals surface area contributed by atoms with Crippen molar-refractivity contribution in [2.75, 3.05) is 6.54 Å². The maximum atomic E-state index is 11.9. The summed E-state index contributed by atoms with van der Waals surface area (Å²) in [6.45, 7) is 6.69. The minimum Gasteiger partial charge on any atom is -0.297 e. The van der Waals surface area contributed by atoms with Crippen LogP contribution in [0.4, 0.5) is 0 Å². The van der Waals surface area contributed by atoms with E-state index < -0.39 is 0 Å². The molecule has 0 saturated heterocycles. The Labute approximate surface area is 97.1 Å². The van der Waals surface area contributed by atoms with E-state index in [2.05, 4.69) is 18.5 Å². The zero-order valence-electron chi connectivity index (χ0n) is 9.86. The lowest BCUT2D eigenvalue weighted by atomic mass is 9.69. The van der Waals surface area contributed by atoms with Crippen LogP contribution in [0.3, 0.4) is 0 Å². The Balaban J connectivity index is 2.32. The molecule has 0 fully saturated rings. The molecule has 3 atom stereocenters. The second kappa shape index (κ2) is 4.77. The third-order valence-corrected chi connectivity index (χ3v) is 3.88. The van der Waals surface area contributed by atoms with Gasteiger partial charge >= 0.3 is 0 Å². The van der Waals surface area contributed by atoms with E-state index in [0.717, 1.165) is 31.4 Å². The number of carbonyl (C=O) groups excluding carboxylic acids is 1. The van der Waals surface area contributed by atoms with Crippen LogP contribution in [0.5, 0.6) is 0 Å². The number of hydrogen-bond acceptors (Lipinski definition) is 2. The number of aliphatic imine (C=N–C) groups is 1. The summed E-state index contributed by atoms with van der Waals surface area (Å²) in [5.74, 6) is 1.28. The van der Waals surface area contributed by atoms with E-state index >= 15 is 0 Å². The number of hydrogen-bond donors (Lipinski definition) is 0. The van der Waals surface area contributed by atoms with Crippen molar-refractivity contribution >= 4 is 12.0 Å². The summed E-state index contributed by atoms with van der Waals surface area (Å²) in [6.07, 6.45) is 8.96. The van der Waals surface area contributed by atoms with Gasteiger partial charge in [0.2, 0.25) is 0 Å². The standard InChI is InChI=1S/C14H19NO/c1-3-11-8-14(16)10(2)12-6-4-5-7-15-9-13(11)12/h3,7-8,10,12-13H,1,4-6,9H2,2H3. The van der Waals surface area contributed by atoms with Crippen molar-refractivity contribution in [3.05, 3.63) is 24.3 Å². The number of allylic oxidation sites excluding steroid dienone is 2. The number of ketones is 1. The van der Waals surface area contributed by atoms with Gasteiger partial charge in [-0.1, -0.05) is 19.6 Å². The van der Waals surface area contributed by atoms with Crippen LogP contribution >= 0.6 is 0 Å². The molecule has 2 aliphatic rings. The molecule has 86 valence electrons. The van der Waals surface area contributed by atoms with E-state index in [-0.39, 0.29) is 11.7 Å². The van der Waals surface area contributed by atoms with E-state index in [1.807, 2.05) is 12.3 Å². The third-order valence-electron chi connectivity index (χ3n) is 3.88. The fourth-order valence-electron chi connectivity index (χ4n) is 2.84. The number of rotatable bonds is 1. The van der Waals surface area contributed by atoms with Gasteiger partial charge in [-0.05, 0) is 43.0 Å². The van der Waals surface area contributed by atoms with Crippen molar-refractivity contribution in [1.82, 2.24) is 0 Å². The van der Waals surface area contributed by atoms with Crippen LogP contribution < -0.4 is 0 Å². The van der Waals surface area contributed by atoms with Crippen molar-refractivity contribution in [1.29, 1.82) is 0 Å². The molecule has 1 aliphatic carbocycles. The molecule has 1 heterocycles. The normalized spacial score (nSPS) is 34.7. The number of fused-ring (bicyclic) bond motifs is 1. The molecule has 0 aromatic rings. The summed E-state index contributed by atoms with van der Waals surface area (Å²) in [6, 6.07) is 0. The van der Waals surface area contributed by atoms with E-state index in [9.17, 15) is 4.79 Å². The van der Waals surface area contributed by atoms with Crippen LogP contribution in [-0.4, -0.2) is 18.5 Å². The first-order valence-corrected chi connectivity index (χ1v) is 6.10.